The van der Waals surface area contributed by atoms with Crippen LogP contribution in [0.5, 0.6) is 0 Å². The van der Waals surface area contributed by atoms with E-state index in [1.54, 1.807) is 11.3 Å². The van der Waals surface area contributed by atoms with Gasteiger partial charge in [0.15, 0.2) is 0 Å². The molecule has 20 heavy (non-hydrogen) atoms. The number of fused-ring (bicyclic) bond motifs is 1. The van der Waals surface area contributed by atoms with Crippen molar-refractivity contribution in [2.24, 2.45) is 5.73 Å². The Bertz CT molecular complexity index is 779. The maximum atomic E-state index is 6.50. The maximum absolute atomic E-state index is 6.50. The molecule has 0 aliphatic heterocycles. The lowest BCUT2D eigenvalue weighted by Gasteiger charge is -2.15. The van der Waals surface area contributed by atoms with Crippen LogP contribution in [0.15, 0.2) is 50.7 Å². The first-order valence-electron chi connectivity index (χ1n) is 6.25. The first-order valence-corrected chi connectivity index (χ1v) is 8.71. The summed E-state index contributed by atoms with van der Waals surface area (Å²) < 4.78 is 3.42. The van der Waals surface area contributed by atoms with Crippen molar-refractivity contribution < 1.29 is 0 Å². The van der Waals surface area contributed by atoms with Crippen LogP contribution >= 0.6 is 43.2 Å². The molecule has 0 aliphatic carbocycles. The molecule has 0 spiro atoms. The van der Waals surface area contributed by atoms with Gasteiger partial charge in [0.1, 0.15) is 0 Å². The second kappa shape index (κ2) is 5.60. The third-order valence-electron chi connectivity index (χ3n) is 3.46. The van der Waals surface area contributed by atoms with E-state index in [1.807, 2.05) is 0 Å². The van der Waals surface area contributed by atoms with Gasteiger partial charge in [-0.25, -0.2) is 0 Å². The van der Waals surface area contributed by atoms with Crippen LogP contribution < -0.4 is 5.73 Å². The smallest absolute Gasteiger partial charge is 0.0577 e. The Balaban J connectivity index is 2.13. The van der Waals surface area contributed by atoms with Crippen molar-refractivity contribution in [2.45, 2.75) is 13.0 Å². The van der Waals surface area contributed by atoms with E-state index >= 15 is 0 Å². The van der Waals surface area contributed by atoms with Gasteiger partial charge in [0.05, 0.1) is 6.04 Å². The molecule has 2 aromatic carbocycles. The van der Waals surface area contributed by atoms with Crippen LogP contribution in [-0.4, -0.2) is 0 Å². The number of aryl methyl sites for hydroxylation is 1. The van der Waals surface area contributed by atoms with Gasteiger partial charge in [-0.2, -0.15) is 0 Å². The van der Waals surface area contributed by atoms with Crippen LogP contribution in [0, 0.1) is 6.92 Å². The second-order valence-corrected chi connectivity index (χ2v) is 7.41. The molecule has 1 nitrogen and oxygen atoms in total. The predicted octanol–water partition coefficient (Wildman–Crippen LogP) is 5.78. The molecule has 0 amide bonds. The van der Waals surface area contributed by atoms with Crippen molar-refractivity contribution in [1.29, 1.82) is 0 Å². The number of halogens is 2. The molecule has 1 aromatic heterocycles. The van der Waals surface area contributed by atoms with Gasteiger partial charge in [0.25, 0.3) is 0 Å². The van der Waals surface area contributed by atoms with Crippen LogP contribution in [0.3, 0.4) is 0 Å². The minimum absolute atomic E-state index is 0.127. The van der Waals surface area contributed by atoms with Crippen molar-refractivity contribution in [1.82, 2.24) is 0 Å². The molecule has 3 rings (SSSR count). The van der Waals surface area contributed by atoms with Gasteiger partial charge in [-0.05, 0) is 52.6 Å². The fourth-order valence-corrected chi connectivity index (χ4v) is 4.37. The number of rotatable bonds is 2. The molecule has 0 saturated heterocycles. The van der Waals surface area contributed by atoms with Crippen LogP contribution in [-0.2, 0) is 0 Å². The largest absolute Gasteiger partial charge is 0.320 e. The molecule has 102 valence electrons. The molecular formula is C16H13Br2NS. The van der Waals surface area contributed by atoms with Gasteiger partial charge in [-0.3, -0.25) is 0 Å². The Morgan fingerprint density at radius 1 is 1.05 bits per heavy atom. The van der Waals surface area contributed by atoms with Gasteiger partial charge in [-0.1, -0.05) is 50.1 Å². The molecule has 0 saturated carbocycles. The lowest BCUT2D eigenvalue weighted by atomic mass is 9.98. The third-order valence-corrected chi connectivity index (χ3v) is 5.98. The van der Waals surface area contributed by atoms with E-state index in [-0.39, 0.29) is 6.04 Å². The molecule has 3 aromatic rings. The zero-order valence-electron chi connectivity index (χ0n) is 10.9. The summed E-state index contributed by atoms with van der Waals surface area (Å²) in [6.07, 6.45) is 0. The molecule has 2 N–H and O–H groups in total. The summed E-state index contributed by atoms with van der Waals surface area (Å²) in [5.74, 6) is 0. The van der Waals surface area contributed by atoms with Crippen molar-refractivity contribution in [3.05, 3.63) is 67.4 Å². The Hall–Kier alpha value is -0.680. The van der Waals surface area contributed by atoms with E-state index in [2.05, 4.69) is 80.6 Å². The summed E-state index contributed by atoms with van der Waals surface area (Å²) in [4.78, 5) is 0. The predicted molar refractivity (Wildman–Crippen MR) is 94.4 cm³/mol. The number of nitrogens with two attached hydrogens (primary N) is 1. The van der Waals surface area contributed by atoms with Gasteiger partial charge >= 0.3 is 0 Å². The number of benzene rings is 2. The van der Waals surface area contributed by atoms with Gasteiger partial charge in [0.2, 0.25) is 0 Å². The SMILES string of the molecule is Cc1cc(Br)c(C(N)c2csc3ccccc23)cc1Br. The molecule has 0 aliphatic rings. The van der Waals surface area contributed by atoms with E-state index in [4.69, 9.17) is 5.73 Å². The number of thiophene rings is 1. The van der Waals surface area contributed by atoms with Crippen LogP contribution in [0.2, 0.25) is 0 Å². The highest BCUT2D eigenvalue weighted by molar-refractivity contribution is 9.11. The molecule has 0 fully saturated rings. The zero-order valence-corrected chi connectivity index (χ0v) is 14.8. The van der Waals surface area contributed by atoms with Crippen molar-refractivity contribution in [2.75, 3.05) is 0 Å². The fourth-order valence-electron chi connectivity index (χ4n) is 2.31. The lowest BCUT2D eigenvalue weighted by Crippen LogP contribution is -2.12. The van der Waals surface area contributed by atoms with Crippen molar-refractivity contribution in [3.63, 3.8) is 0 Å². The first-order chi connectivity index (χ1) is 9.58. The van der Waals surface area contributed by atoms with Crippen molar-refractivity contribution in [3.8, 4) is 0 Å². The van der Waals surface area contributed by atoms with E-state index in [0.29, 0.717) is 0 Å². The average molecular weight is 411 g/mol. The van der Waals surface area contributed by atoms with E-state index in [0.717, 1.165) is 14.5 Å². The number of hydrogen-bond acceptors (Lipinski definition) is 2. The summed E-state index contributed by atoms with van der Waals surface area (Å²) >= 11 is 8.96. The van der Waals surface area contributed by atoms with Crippen LogP contribution in [0.4, 0.5) is 0 Å². The van der Waals surface area contributed by atoms with Gasteiger partial charge < -0.3 is 5.73 Å². The maximum Gasteiger partial charge on any atom is 0.0577 e. The minimum Gasteiger partial charge on any atom is -0.320 e. The Kier molecular flexibility index (Phi) is 4.00. The molecular weight excluding hydrogens is 398 g/mol. The zero-order chi connectivity index (χ0) is 14.3. The summed E-state index contributed by atoms with van der Waals surface area (Å²) in [7, 11) is 0. The lowest BCUT2D eigenvalue weighted by molar-refractivity contribution is 0.876. The molecule has 1 heterocycles. The highest BCUT2D eigenvalue weighted by Crippen LogP contribution is 2.36. The summed E-state index contributed by atoms with van der Waals surface area (Å²) in [5, 5.41) is 3.41. The van der Waals surface area contributed by atoms with E-state index in [1.165, 1.54) is 21.2 Å². The van der Waals surface area contributed by atoms with Gasteiger partial charge in [-0.15, -0.1) is 11.3 Å². The average Bonchev–Trinajstić information content (AvgIpc) is 2.86. The summed E-state index contributed by atoms with van der Waals surface area (Å²) in [5.41, 5.74) is 9.98. The standard InChI is InChI=1S/C16H13Br2NS/c1-9-6-14(18)11(7-13(9)17)16(19)12-8-20-15-5-3-2-4-10(12)15/h2-8,16H,19H2,1H3. The van der Waals surface area contributed by atoms with Gasteiger partial charge in [0, 0.05) is 13.6 Å². The van der Waals surface area contributed by atoms with E-state index < -0.39 is 0 Å². The summed E-state index contributed by atoms with van der Waals surface area (Å²) in [6, 6.07) is 12.5. The number of hydrogen-bond donors (Lipinski definition) is 1. The molecule has 1 atom stereocenters. The van der Waals surface area contributed by atoms with Crippen LogP contribution in [0.25, 0.3) is 10.1 Å². The first kappa shape index (κ1) is 14.3. The normalized spacial score (nSPS) is 12.8. The van der Waals surface area contributed by atoms with Crippen LogP contribution in [0.1, 0.15) is 22.7 Å². The fraction of sp³-hybridized carbons (Fsp3) is 0.125. The minimum atomic E-state index is -0.127. The third kappa shape index (κ3) is 2.46. The molecule has 0 radical (unpaired) electrons. The Labute approximate surface area is 139 Å². The quantitative estimate of drug-likeness (QED) is 0.568. The molecule has 0 bridgehead atoms. The highest BCUT2D eigenvalue weighted by Gasteiger charge is 2.17. The van der Waals surface area contributed by atoms with Crippen molar-refractivity contribution >= 4 is 53.3 Å². The topological polar surface area (TPSA) is 26.0 Å². The second-order valence-electron chi connectivity index (χ2n) is 4.79. The summed E-state index contributed by atoms with van der Waals surface area (Å²) in [6.45, 7) is 2.07. The highest BCUT2D eigenvalue weighted by atomic mass is 79.9. The monoisotopic (exact) mass is 409 g/mol. The Morgan fingerprint density at radius 3 is 2.60 bits per heavy atom. The molecule has 4 heteroatoms. The molecule has 1 unspecified atom stereocenters. The van der Waals surface area contributed by atoms with E-state index in [9.17, 15) is 0 Å². The Morgan fingerprint density at radius 2 is 1.80 bits per heavy atom.